The highest BCUT2D eigenvalue weighted by Crippen LogP contribution is 2.28. The molecule has 0 aliphatic heterocycles. The van der Waals surface area contributed by atoms with Gasteiger partial charge in [-0.05, 0) is 29.4 Å². The molecular formula is C17H23NO3. The molecular weight excluding hydrogens is 266 g/mol. The summed E-state index contributed by atoms with van der Waals surface area (Å²) in [6.07, 6.45) is 1.44. The van der Waals surface area contributed by atoms with Gasteiger partial charge in [-0.2, -0.15) is 0 Å². The highest BCUT2D eigenvalue weighted by molar-refractivity contribution is 5.81. The van der Waals surface area contributed by atoms with E-state index in [1.807, 2.05) is 32.9 Å². The Labute approximate surface area is 125 Å². The van der Waals surface area contributed by atoms with Crippen LogP contribution in [0.1, 0.15) is 38.3 Å². The zero-order chi connectivity index (χ0) is 15.6. The average molecular weight is 289 g/mol. The minimum atomic E-state index is -0.884. The number of amides is 1. The maximum atomic E-state index is 12.4. The smallest absolute Gasteiger partial charge is 0.305 e. The van der Waals surface area contributed by atoms with Gasteiger partial charge in [-0.3, -0.25) is 9.59 Å². The molecule has 1 aromatic carbocycles. The number of fused-ring (bicyclic) bond motifs is 1. The molecule has 4 heteroatoms. The van der Waals surface area contributed by atoms with Crippen LogP contribution in [0.3, 0.4) is 0 Å². The Balaban J connectivity index is 2.02. The van der Waals surface area contributed by atoms with E-state index in [9.17, 15) is 9.59 Å². The number of hydrogen-bond acceptors (Lipinski definition) is 2. The molecule has 1 atom stereocenters. The summed E-state index contributed by atoms with van der Waals surface area (Å²) in [6.45, 7) is 5.85. The molecule has 1 aromatic rings. The molecule has 114 valence electrons. The number of nitrogens with one attached hydrogen (secondary N) is 1. The van der Waals surface area contributed by atoms with Crippen LogP contribution in [-0.2, 0) is 22.4 Å². The Morgan fingerprint density at radius 3 is 2.19 bits per heavy atom. The summed E-state index contributed by atoms with van der Waals surface area (Å²) in [5.41, 5.74) is 2.17. The van der Waals surface area contributed by atoms with Crippen molar-refractivity contribution >= 4 is 11.9 Å². The Hall–Kier alpha value is -1.84. The normalized spacial score (nSPS) is 16.3. The van der Waals surface area contributed by atoms with Gasteiger partial charge in [-0.25, -0.2) is 0 Å². The lowest BCUT2D eigenvalue weighted by Crippen LogP contribution is -2.47. The van der Waals surface area contributed by atoms with Gasteiger partial charge in [0.25, 0.3) is 0 Å². The number of hydrogen-bond donors (Lipinski definition) is 2. The zero-order valence-corrected chi connectivity index (χ0v) is 12.8. The number of aliphatic carboxylic acids is 1. The van der Waals surface area contributed by atoms with E-state index in [1.165, 1.54) is 11.1 Å². The minimum Gasteiger partial charge on any atom is -0.481 e. The molecule has 2 rings (SSSR count). The summed E-state index contributed by atoms with van der Waals surface area (Å²) in [7, 11) is 0. The Bertz CT molecular complexity index is 520. The molecule has 0 bridgehead atoms. The lowest BCUT2D eigenvalue weighted by atomic mass is 9.84. The van der Waals surface area contributed by atoms with Gasteiger partial charge in [0.15, 0.2) is 0 Å². The molecule has 0 radical (unpaired) electrons. The van der Waals surface area contributed by atoms with Gasteiger partial charge in [0.1, 0.15) is 0 Å². The van der Waals surface area contributed by atoms with Crippen molar-refractivity contribution in [1.29, 1.82) is 0 Å². The Kier molecular flexibility index (Phi) is 4.35. The van der Waals surface area contributed by atoms with Gasteiger partial charge in [-0.1, -0.05) is 45.0 Å². The van der Waals surface area contributed by atoms with Crippen molar-refractivity contribution in [2.24, 2.45) is 11.3 Å². The van der Waals surface area contributed by atoms with Crippen LogP contribution in [0.2, 0.25) is 0 Å². The van der Waals surface area contributed by atoms with Gasteiger partial charge in [0, 0.05) is 12.0 Å². The SMILES string of the molecule is CC(C)(C)C(CC(=O)O)NC(=O)C1Cc2ccccc2C1. The lowest BCUT2D eigenvalue weighted by molar-refractivity contribution is -0.138. The van der Waals surface area contributed by atoms with Gasteiger partial charge in [0.2, 0.25) is 5.91 Å². The lowest BCUT2D eigenvalue weighted by Gasteiger charge is -2.31. The highest BCUT2D eigenvalue weighted by atomic mass is 16.4. The van der Waals surface area contributed by atoms with Crippen LogP contribution in [0.15, 0.2) is 24.3 Å². The Morgan fingerprint density at radius 2 is 1.76 bits per heavy atom. The quantitative estimate of drug-likeness (QED) is 0.894. The number of benzene rings is 1. The third-order valence-electron chi connectivity index (χ3n) is 4.16. The standard InChI is InChI=1S/C17H23NO3/c1-17(2,3)14(10-15(19)20)18-16(21)13-8-11-6-4-5-7-12(11)9-13/h4-7,13-14H,8-10H2,1-3H3,(H,18,21)(H,19,20). The van der Waals surface area contributed by atoms with E-state index in [0.717, 1.165) is 12.8 Å². The van der Waals surface area contributed by atoms with Crippen molar-refractivity contribution in [2.75, 3.05) is 0 Å². The van der Waals surface area contributed by atoms with E-state index in [4.69, 9.17) is 5.11 Å². The predicted molar refractivity (Wildman–Crippen MR) is 81.0 cm³/mol. The average Bonchev–Trinajstić information content (AvgIpc) is 2.80. The minimum absolute atomic E-state index is 0.0348. The van der Waals surface area contributed by atoms with E-state index in [0.29, 0.717) is 0 Å². The van der Waals surface area contributed by atoms with Crippen molar-refractivity contribution in [3.05, 3.63) is 35.4 Å². The number of carboxylic acid groups (broad SMARTS) is 1. The second-order valence-electron chi connectivity index (χ2n) is 6.90. The van der Waals surface area contributed by atoms with Crippen molar-refractivity contribution in [1.82, 2.24) is 5.32 Å². The van der Waals surface area contributed by atoms with Crippen molar-refractivity contribution in [2.45, 2.75) is 46.1 Å². The molecule has 0 fully saturated rings. The van der Waals surface area contributed by atoms with Crippen LogP contribution in [-0.4, -0.2) is 23.0 Å². The summed E-state index contributed by atoms with van der Waals surface area (Å²) in [5.74, 6) is -1.00. The molecule has 1 unspecified atom stereocenters. The fourth-order valence-corrected chi connectivity index (χ4v) is 2.78. The number of carbonyl (C=O) groups is 2. The second-order valence-corrected chi connectivity index (χ2v) is 6.90. The number of carbonyl (C=O) groups excluding carboxylic acids is 1. The first-order valence-electron chi connectivity index (χ1n) is 7.36. The summed E-state index contributed by atoms with van der Waals surface area (Å²) in [4.78, 5) is 23.4. The van der Waals surface area contributed by atoms with E-state index >= 15 is 0 Å². The monoisotopic (exact) mass is 289 g/mol. The van der Waals surface area contributed by atoms with Crippen LogP contribution in [0.4, 0.5) is 0 Å². The van der Waals surface area contributed by atoms with Crippen LogP contribution in [0, 0.1) is 11.3 Å². The third-order valence-corrected chi connectivity index (χ3v) is 4.16. The van der Waals surface area contributed by atoms with E-state index in [2.05, 4.69) is 17.4 Å². The fraction of sp³-hybridized carbons (Fsp3) is 0.529. The molecule has 0 saturated heterocycles. The van der Waals surface area contributed by atoms with Crippen molar-refractivity contribution < 1.29 is 14.7 Å². The Morgan fingerprint density at radius 1 is 1.24 bits per heavy atom. The third kappa shape index (κ3) is 3.84. The molecule has 4 nitrogen and oxygen atoms in total. The van der Waals surface area contributed by atoms with Gasteiger partial charge in [0.05, 0.1) is 6.42 Å². The van der Waals surface area contributed by atoms with Gasteiger partial charge < -0.3 is 10.4 Å². The van der Waals surface area contributed by atoms with E-state index < -0.39 is 5.97 Å². The molecule has 0 aromatic heterocycles. The summed E-state index contributed by atoms with van der Waals surface area (Å²) in [6, 6.07) is 7.73. The van der Waals surface area contributed by atoms with Crippen molar-refractivity contribution in [3.63, 3.8) is 0 Å². The molecule has 0 saturated carbocycles. The highest BCUT2D eigenvalue weighted by Gasteiger charge is 2.33. The zero-order valence-electron chi connectivity index (χ0n) is 12.8. The second kappa shape index (κ2) is 5.88. The van der Waals surface area contributed by atoms with E-state index in [1.54, 1.807) is 0 Å². The molecule has 0 spiro atoms. The van der Waals surface area contributed by atoms with Crippen LogP contribution >= 0.6 is 0 Å². The first-order valence-corrected chi connectivity index (χ1v) is 7.36. The predicted octanol–water partition coefficient (Wildman–Crippen LogP) is 2.41. The maximum Gasteiger partial charge on any atom is 0.305 e. The number of carboxylic acids is 1. The summed E-state index contributed by atoms with van der Waals surface area (Å²) < 4.78 is 0. The largest absolute Gasteiger partial charge is 0.481 e. The summed E-state index contributed by atoms with van der Waals surface area (Å²) in [5, 5.41) is 12.0. The first kappa shape index (κ1) is 15.5. The topological polar surface area (TPSA) is 66.4 Å². The first-order chi connectivity index (χ1) is 9.77. The van der Waals surface area contributed by atoms with Crippen LogP contribution in [0.25, 0.3) is 0 Å². The molecule has 1 aliphatic rings. The van der Waals surface area contributed by atoms with Crippen LogP contribution < -0.4 is 5.32 Å². The summed E-state index contributed by atoms with van der Waals surface area (Å²) >= 11 is 0. The fourth-order valence-electron chi connectivity index (χ4n) is 2.78. The van der Waals surface area contributed by atoms with Crippen LogP contribution in [0.5, 0.6) is 0 Å². The maximum absolute atomic E-state index is 12.4. The number of rotatable bonds is 4. The molecule has 1 amide bonds. The molecule has 2 N–H and O–H groups in total. The molecule has 0 heterocycles. The van der Waals surface area contributed by atoms with E-state index in [-0.39, 0.29) is 29.7 Å². The van der Waals surface area contributed by atoms with Crippen molar-refractivity contribution in [3.8, 4) is 0 Å². The molecule has 1 aliphatic carbocycles. The molecule has 21 heavy (non-hydrogen) atoms. The van der Waals surface area contributed by atoms with Gasteiger partial charge in [-0.15, -0.1) is 0 Å². The van der Waals surface area contributed by atoms with Gasteiger partial charge >= 0.3 is 5.97 Å².